The quantitative estimate of drug-likeness (QED) is 0.804. The second kappa shape index (κ2) is 8.00. The number of nitrogens with zero attached hydrogens (tertiary/aromatic N) is 1. The van der Waals surface area contributed by atoms with Gasteiger partial charge in [0.25, 0.3) is 0 Å². The molecule has 0 unspecified atom stereocenters. The fourth-order valence-corrected chi connectivity index (χ4v) is 4.45. The molecule has 1 fully saturated rings. The first kappa shape index (κ1) is 18.5. The molecule has 0 bridgehead atoms. The van der Waals surface area contributed by atoms with Gasteiger partial charge in [-0.25, -0.2) is 0 Å². The first-order valence-corrected chi connectivity index (χ1v) is 10.4. The van der Waals surface area contributed by atoms with Gasteiger partial charge in [-0.15, -0.1) is 0 Å². The fraction of sp³-hybridized carbons (Fsp3) is 0.440. The minimum atomic E-state index is 0.403. The Kier molecular flexibility index (Phi) is 5.47. The van der Waals surface area contributed by atoms with Crippen molar-refractivity contribution in [2.45, 2.75) is 33.1 Å². The first-order chi connectivity index (χ1) is 13.1. The molecule has 27 heavy (non-hydrogen) atoms. The van der Waals surface area contributed by atoms with E-state index in [1.807, 2.05) is 0 Å². The van der Waals surface area contributed by atoms with E-state index in [9.17, 15) is 0 Å². The number of allylic oxidation sites excluding steroid dienone is 1. The van der Waals surface area contributed by atoms with Crippen LogP contribution in [0.4, 0.5) is 0 Å². The SMILES string of the molecule is CC1(C)CCC(CN2CCNCC2)=C(c2ccc(-c3ccccc3)cc2)C1. The van der Waals surface area contributed by atoms with Gasteiger partial charge in [-0.1, -0.05) is 74.0 Å². The van der Waals surface area contributed by atoms with Gasteiger partial charge in [-0.3, -0.25) is 4.90 Å². The van der Waals surface area contributed by atoms with Crippen LogP contribution in [0.15, 0.2) is 60.2 Å². The highest BCUT2D eigenvalue weighted by molar-refractivity contribution is 5.73. The van der Waals surface area contributed by atoms with Crippen molar-refractivity contribution in [2.75, 3.05) is 32.7 Å². The Morgan fingerprint density at radius 3 is 2.19 bits per heavy atom. The Morgan fingerprint density at radius 2 is 1.48 bits per heavy atom. The summed E-state index contributed by atoms with van der Waals surface area (Å²) in [4.78, 5) is 2.63. The highest BCUT2D eigenvalue weighted by Gasteiger charge is 2.28. The molecule has 2 nitrogen and oxygen atoms in total. The zero-order valence-electron chi connectivity index (χ0n) is 16.8. The first-order valence-electron chi connectivity index (χ1n) is 10.4. The van der Waals surface area contributed by atoms with Crippen molar-refractivity contribution in [1.82, 2.24) is 10.2 Å². The average Bonchev–Trinajstić information content (AvgIpc) is 2.71. The van der Waals surface area contributed by atoms with Gasteiger partial charge in [-0.05, 0) is 46.9 Å². The van der Waals surface area contributed by atoms with Crippen LogP contribution in [0.25, 0.3) is 16.7 Å². The van der Waals surface area contributed by atoms with E-state index in [0.29, 0.717) is 5.41 Å². The summed E-state index contributed by atoms with van der Waals surface area (Å²) in [6.07, 6.45) is 3.74. The van der Waals surface area contributed by atoms with Gasteiger partial charge < -0.3 is 5.32 Å². The predicted octanol–water partition coefficient (Wildman–Crippen LogP) is 5.22. The molecule has 142 valence electrons. The zero-order chi connectivity index (χ0) is 18.7. The summed E-state index contributed by atoms with van der Waals surface area (Å²) < 4.78 is 0. The summed E-state index contributed by atoms with van der Waals surface area (Å²) in [7, 11) is 0. The zero-order valence-corrected chi connectivity index (χ0v) is 16.8. The highest BCUT2D eigenvalue weighted by Crippen LogP contribution is 2.43. The van der Waals surface area contributed by atoms with Crippen LogP contribution < -0.4 is 5.32 Å². The standard InChI is InChI=1S/C25H32N2/c1-25(2)13-12-23(19-27-16-14-26-15-17-27)24(18-25)22-10-8-21(9-11-22)20-6-4-3-5-7-20/h3-11,26H,12-19H2,1-2H3. The molecule has 1 aliphatic heterocycles. The Bertz CT molecular complexity index is 781. The van der Waals surface area contributed by atoms with Gasteiger partial charge in [0, 0.05) is 32.7 Å². The molecule has 0 amide bonds. The molecule has 1 saturated heterocycles. The molecule has 1 heterocycles. The minimum Gasteiger partial charge on any atom is -0.314 e. The van der Waals surface area contributed by atoms with Crippen LogP contribution in [-0.4, -0.2) is 37.6 Å². The highest BCUT2D eigenvalue weighted by atomic mass is 15.2. The molecule has 4 rings (SSSR count). The number of nitrogens with one attached hydrogen (secondary N) is 1. The maximum absolute atomic E-state index is 3.47. The van der Waals surface area contributed by atoms with Crippen LogP contribution in [0.1, 0.15) is 38.7 Å². The topological polar surface area (TPSA) is 15.3 Å². The monoisotopic (exact) mass is 360 g/mol. The molecule has 0 aromatic heterocycles. The Hall–Kier alpha value is -1.90. The van der Waals surface area contributed by atoms with E-state index in [2.05, 4.69) is 78.7 Å². The van der Waals surface area contributed by atoms with Crippen LogP contribution in [0.3, 0.4) is 0 Å². The average molecular weight is 361 g/mol. The number of hydrogen-bond acceptors (Lipinski definition) is 2. The fourth-order valence-electron chi connectivity index (χ4n) is 4.45. The van der Waals surface area contributed by atoms with E-state index in [0.717, 1.165) is 19.6 Å². The third-order valence-corrected chi connectivity index (χ3v) is 6.15. The summed E-state index contributed by atoms with van der Waals surface area (Å²) in [6, 6.07) is 20.0. The summed E-state index contributed by atoms with van der Waals surface area (Å²) in [6.45, 7) is 10.6. The summed E-state index contributed by atoms with van der Waals surface area (Å²) in [5, 5.41) is 3.47. The van der Waals surface area contributed by atoms with Crippen LogP contribution in [-0.2, 0) is 0 Å². The van der Waals surface area contributed by atoms with Crippen LogP contribution in [0, 0.1) is 5.41 Å². The van der Waals surface area contributed by atoms with Crippen molar-refractivity contribution in [3.05, 3.63) is 65.7 Å². The summed E-state index contributed by atoms with van der Waals surface area (Å²) in [5.41, 5.74) is 7.70. The normalized spacial score (nSPS) is 20.7. The lowest BCUT2D eigenvalue weighted by molar-refractivity contribution is 0.249. The van der Waals surface area contributed by atoms with Crippen LogP contribution >= 0.6 is 0 Å². The molecule has 1 N–H and O–H groups in total. The second-order valence-electron chi connectivity index (χ2n) is 8.89. The summed E-state index contributed by atoms with van der Waals surface area (Å²) >= 11 is 0. The van der Waals surface area contributed by atoms with Crippen molar-refractivity contribution in [1.29, 1.82) is 0 Å². The molecule has 2 aromatic carbocycles. The second-order valence-corrected chi connectivity index (χ2v) is 8.89. The lowest BCUT2D eigenvalue weighted by Crippen LogP contribution is -2.44. The van der Waals surface area contributed by atoms with Crippen molar-refractivity contribution in [2.24, 2.45) is 5.41 Å². The molecular weight excluding hydrogens is 328 g/mol. The van der Waals surface area contributed by atoms with Gasteiger partial charge in [0.15, 0.2) is 0 Å². The maximum atomic E-state index is 3.47. The third kappa shape index (κ3) is 4.51. The van der Waals surface area contributed by atoms with Crippen LogP contribution in [0.2, 0.25) is 0 Å². The number of rotatable bonds is 4. The number of piperazine rings is 1. The third-order valence-electron chi connectivity index (χ3n) is 6.15. The van der Waals surface area contributed by atoms with E-state index in [-0.39, 0.29) is 0 Å². The molecule has 0 radical (unpaired) electrons. The molecule has 2 heteroatoms. The van der Waals surface area contributed by atoms with Gasteiger partial charge in [0.1, 0.15) is 0 Å². The number of hydrogen-bond donors (Lipinski definition) is 1. The largest absolute Gasteiger partial charge is 0.314 e. The maximum Gasteiger partial charge on any atom is 0.0200 e. The van der Waals surface area contributed by atoms with E-state index in [1.54, 1.807) is 11.1 Å². The molecule has 0 spiro atoms. The number of benzene rings is 2. The molecule has 1 aliphatic carbocycles. The van der Waals surface area contributed by atoms with Crippen molar-refractivity contribution in [3.63, 3.8) is 0 Å². The molecule has 2 aromatic rings. The Morgan fingerprint density at radius 1 is 0.852 bits per heavy atom. The van der Waals surface area contributed by atoms with E-state index in [1.165, 1.54) is 49.0 Å². The van der Waals surface area contributed by atoms with Gasteiger partial charge >= 0.3 is 0 Å². The molecular formula is C25H32N2. The van der Waals surface area contributed by atoms with Crippen molar-refractivity contribution < 1.29 is 0 Å². The van der Waals surface area contributed by atoms with Crippen LogP contribution in [0.5, 0.6) is 0 Å². The summed E-state index contributed by atoms with van der Waals surface area (Å²) in [5.74, 6) is 0. The van der Waals surface area contributed by atoms with Gasteiger partial charge in [0.2, 0.25) is 0 Å². The van der Waals surface area contributed by atoms with E-state index >= 15 is 0 Å². The lowest BCUT2D eigenvalue weighted by Gasteiger charge is -2.36. The predicted molar refractivity (Wildman–Crippen MR) is 116 cm³/mol. The molecule has 0 atom stereocenters. The molecule has 0 saturated carbocycles. The van der Waals surface area contributed by atoms with Crippen molar-refractivity contribution in [3.8, 4) is 11.1 Å². The smallest absolute Gasteiger partial charge is 0.0200 e. The van der Waals surface area contributed by atoms with Crippen molar-refractivity contribution >= 4 is 5.57 Å². The van der Waals surface area contributed by atoms with E-state index in [4.69, 9.17) is 0 Å². The molecule has 2 aliphatic rings. The lowest BCUT2D eigenvalue weighted by atomic mass is 9.72. The minimum absolute atomic E-state index is 0.403. The van der Waals surface area contributed by atoms with Gasteiger partial charge in [-0.2, -0.15) is 0 Å². The van der Waals surface area contributed by atoms with Gasteiger partial charge in [0.05, 0.1) is 0 Å². The van der Waals surface area contributed by atoms with E-state index < -0.39 is 0 Å². The Labute approximate surface area is 164 Å². The Balaban J connectivity index is 1.62.